The van der Waals surface area contributed by atoms with Crippen LogP contribution in [0.2, 0.25) is 5.15 Å². The highest BCUT2D eigenvalue weighted by Gasteiger charge is 2.16. The van der Waals surface area contributed by atoms with Crippen molar-refractivity contribution in [2.75, 3.05) is 13.1 Å². The second-order valence-electron chi connectivity index (χ2n) is 5.25. The number of carbonyl (C=O) groups excluding carboxylic acids is 1. The Morgan fingerprint density at radius 3 is 2.63 bits per heavy atom. The first-order chi connectivity index (χ1) is 9.06. The van der Waals surface area contributed by atoms with Gasteiger partial charge in [0.2, 0.25) is 0 Å². The molecule has 0 aromatic carbocycles. The van der Waals surface area contributed by atoms with Gasteiger partial charge in [-0.1, -0.05) is 31.9 Å². The monoisotopic (exact) mass is 281 g/mol. The van der Waals surface area contributed by atoms with Crippen LogP contribution in [0.3, 0.4) is 0 Å². The van der Waals surface area contributed by atoms with Crippen molar-refractivity contribution in [3.05, 3.63) is 28.5 Å². The predicted molar refractivity (Wildman–Crippen MR) is 76.2 cm³/mol. The van der Waals surface area contributed by atoms with E-state index in [1.807, 2.05) is 24.9 Å². The molecular weight excluding hydrogens is 262 g/mol. The van der Waals surface area contributed by atoms with Crippen molar-refractivity contribution in [1.29, 1.82) is 0 Å². The zero-order chi connectivity index (χ0) is 13.8. The number of hydrogen-bond donors (Lipinski definition) is 1. The molecule has 5 heteroatoms. The summed E-state index contributed by atoms with van der Waals surface area (Å²) in [5.74, 6) is 0.147. The van der Waals surface area contributed by atoms with E-state index in [4.69, 9.17) is 11.6 Å². The molecule has 1 saturated heterocycles. The van der Waals surface area contributed by atoms with Gasteiger partial charge < -0.3 is 0 Å². The fourth-order valence-electron chi connectivity index (χ4n) is 2.16. The molecule has 1 fully saturated rings. The van der Waals surface area contributed by atoms with Gasteiger partial charge in [-0.05, 0) is 30.9 Å². The molecule has 0 saturated carbocycles. The van der Waals surface area contributed by atoms with Gasteiger partial charge in [0.25, 0.3) is 5.91 Å². The van der Waals surface area contributed by atoms with Crippen LogP contribution in [0.1, 0.15) is 55.1 Å². The minimum Gasteiger partial charge on any atom is -0.285 e. The number of rotatable bonds is 3. The van der Waals surface area contributed by atoms with Gasteiger partial charge in [-0.2, -0.15) is 0 Å². The van der Waals surface area contributed by atoms with Crippen LogP contribution >= 0.6 is 11.6 Å². The van der Waals surface area contributed by atoms with Crippen LogP contribution < -0.4 is 5.43 Å². The molecule has 2 rings (SSSR count). The Hall–Kier alpha value is -1.13. The number of nitrogens with one attached hydrogen (secondary N) is 1. The standard InChI is InChI=1S/C14H20ClN3O/c1-10(2)12-8-11(9-13(15)16-12)14(19)17-18-6-4-3-5-7-18/h8-10H,3-7H2,1-2H3,(H,17,19). The molecule has 0 atom stereocenters. The van der Waals surface area contributed by atoms with Crippen LogP contribution in [-0.4, -0.2) is 29.0 Å². The van der Waals surface area contributed by atoms with Gasteiger partial charge in [0.15, 0.2) is 0 Å². The summed E-state index contributed by atoms with van der Waals surface area (Å²) in [5, 5.41) is 2.35. The number of nitrogens with zero attached hydrogens (tertiary/aromatic N) is 2. The van der Waals surface area contributed by atoms with E-state index < -0.39 is 0 Å². The average molecular weight is 282 g/mol. The molecule has 1 aromatic rings. The molecule has 1 aliphatic rings. The fourth-order valence-corrected chi connectivity index (χ4v) is 2.37. The Morgan fingerprint density at radius 2 is 2.00 bits per heavy atom. The number of amides is 1. The highest BCUT2D eigenvalue weighted by atomic mass is 35.5. The largest absolute Gasteiger partial charge is 0.285 e. The third-order valence-electron chi connectivity index (χ3n) is 3.28. The number of hydrogen-bond acceptors (Lipinski definition) is 3. The molecule has 4 nitrogen and oxygen atoms in total. The quantitative estimate of drug-likeness (QED) is 0.867. The average Bonchev–Trinajstić information content (AvgIpc) is 2.39. The van der Waals surface area contributed by atoms with E-state index in [9.17, 15) is 4.79 Å². The van der Waals surface area contributed by atoms with Crippen LogP contribution in [0.15, 0.2) is 12.1 Å². The molecule has 1 aromatic heterocycles. The summed E-state index contributed by atoms with van der Waals surface area (Å²) in [6.07, 6.45) is 3.51. The summed E-state index contributed by atoms with van der Waals surface area (Å²) < 4.78 is 0. The molecule has 2 heterocycles. The van der Waals surface area contributed by atoms with E-state index in [1.54, 1.807) is 6.07 Å². The van der Waals surface area contributed by atoms with Crippen molar-refractivity contribution in [3.63, 3.8) is 0 Å². The van der Waals surface area contributed by atoms with Crippen LogP contribution in [0.4, 0.5) is 0 Å². The van der Waals surface area contributed by atoms with Crippen molar-refractivity contribution in [2.45, 2.75) is 39.0 Å². The third kappa shape index (κ3) is 3.91. The molecule has 19 heavy (non-hydrogen) atoms. The molecule has 0 unspecified atom stereocenters. The molecular formula is C14H20ClN3O. The number of carbonyl (C=O) groups is 1. The first kappa shape index (κ1) is 14.3. The molecule has 1 N–H and O–H groups in total. The smallest absolute Gasteiger partial charge is 0.265 e. The highest BCUT2D eigenvalue weighted by Crippen LogP contribution is 2.18. The third-order valence-corrected chi connectivity index (χ3v) is 3.48. The Labute approximate surface area is 119 Å². The Balaban J connectivity index is 2.09. The van der Waals surface area contributed by atoms with Gasteiger partial charge in [-0.15, -0.1) is 0 Å². The second-order valence-corrected chi connectivity index (χ2v) is 5.63. The van der Waals surface area contributed by atoms with Gasteiger partial charge in [0, 0.05) is 24.3 Å². The van der Waals surface area contributed by atoms with Crippen LogP contribution in [-0.2, 0) is 0 Å². The molecule has 0 spiro atoms. The summed E-state index contributed by atoms with van der Waals surface area (Å²) >= 11 is 5.98. The van der Waals surface area contributed by atoms with E-state index in [2.05, 4.69) is 10.4 Å². The minimum absolute atomic E-state index is 0.104. The topological polar surface area (TPSA) is 45.2 Å². The van der Waals surface area contributed by atoms with Crippen LogP contribution in [0.5, 0.6) is 0 Å². The molecule has 1 aliphatic heterocycles. The molecule has 104 valence electrons. The van der Waals surface area contributed by atoms with E-state index in [0.717, 1.165) is 31.6 Å². The first-order valence-corrected chi connectivity index (χ1v) is 7.17. The number of piperidine rings is 1. The lowest BCUT2D eigenvalue weighted by Gasteiger charge is -2.26. The SMILES string of the molecule is CC(C)c1cc(C(=O)NN2CCCCC2)cc(Cl)n1. The molecule has 0 bridgehead atoms. The maximum absolute atomic E-state index is 12.2. The Bertz CT molecular complexity index is 456. The lowest BCUT2D eigenvalue weighted by molar-refractivity contribution is 0.0750. The predicted octanol–water partition coefficient (Wildman–Crippen LogP) is 2.99. The maximum atomic E-state index is 12.2. The van der Waals surface area contributed by atoms with Gasteiger partial charge in [-0.25, -0.2) is 9.99 Å². The van der Waals surface area contributed by atoms with Crippen LogP contribution in [0.25, 0.3) is 0 Å². The van der Waals surface area contributed by atoms with E-state index >= 15 is 0 Å². The van der Waals surface area contributed by atoms with Crippen molar-refractivity contribution < 1.29 is 4.79 Å². The maximum Gasteiger partial charge on any atom is 0.265 e. The zero-order valence-corrected chi connectivity index (χ0v) is 12.2. The second kappa shape index (κ2) is 6.35. The normalized spacial score (nSPS) is 16.6. The lowest BCUT2D eigenvalue weighted by atomic mass is 10.1. The van der Waals surface area contributed by atoms with E-state index in [1.165, 1.54) is 6.42 Å². The number of aromatic nitrogens is 1. The van der Waals surface area contributed by atoms with Crippen molar-refractivity contribution in [2.24, 2.45) is 0 Å². The number of halogens is 1. The van der Waals surface area contributed by atoms with Gasteiger partial charge in [-0.3, -0.25) is 10.2 Å². The number of hydrazine groups is 1. The first-order valence-electron chi connectivity index (χ1n) is 6.79. The summed E-state index contributed by atoms with van der Waals surface area (Å²) in [5.41, 5.74) is 4.36. The van der Waals surface area contributed by atoms with Gasteiger partial charge >= 0.3 is 0 Å². The highest BCUT2D eigenvalue weighted by molar-refractivity contribution is 6.29. The summed E-state index contributed by atoms with van der Waals surface area (Å²) in [6, 6.07) is 3.43. The Kier molecular flexibility index (Phi) is 4.77. The van der Waals surface area contributed by atoms with Gasteiger partial charge in [0.1, 0.15) is 5.15 Å². The lowest BCUT2D eigenvalue weighted by Crippen LogP contribution is -2.45. The number of pyridine rings is 1. The van der Waals surface area contributed by atoms with E-state index in [-0.39, 0.29) is 11.8 Å². The minimum atomic E-state index is -0.104. The van der Waals surface area contributed by atoms with Crippen molar-refractivity contribution in [3.8, 4) is 0 Å². The summed E-state index contributed by atoms with van der Waals surface area (Å²) in [4.78, 5) is 16.4. The molecule has 1 amide bonds. The summed E-state index contributed by atoms with van der Waals surface area (Å²) in [6.45, 7) is 5.90. The molecule has 0 radical (unpaired) electrons. The Morgan fingerprint density at radius 1 is 1.32 bits per heavy atom. The van der Waals surface area contributed by atoms with Crippen LogP contribution in [0, 0.1) is 0 Å². The zero-order valence-electron chi connectivity index (χ0n) is 11.4. The summed E-state index contributed by atoms with van der Waals surface area (Å²) in [7, 11) is 0. The van der Waals surface area contributed by atoms with Crippen molar-refractivity contribution in [1.82, 2.24) is 15.4 Å². The fraction of sp³-hybridized carbons (Fsp3) is 0.571. The van der Waals surface area contributed by atoms with Gasteiger partial charge in [0.05, 0.1) is 0 Å². The molecule has 0 aliphatic carbocycles. The van der Waals surface area contributed by atoms with Crippen molar-refractivity contribution >= 4 is 17.5 Å². The van der Waals surface area contributed by atoms with E-state index in [0.29, 0.717) is 10.7 Å².